The second-order valence-electron chi connectivity index (χ2n) is 2.45. The first-order chi connectivity index (χ1) is 6.92. The van der Waals surface area contributed by atoms with Crippen LogP contribution in [-0.4, -0.2) is 12.8 Å². The fourth-order valence-electron chi connectivity index (χ4n) is 0.892. The van der Waals surface area contributed by atoms with Crippen molar-refractivity contribution in [2.24, 2.45) is 0 Å². The summed E-state index contributed by atoms with van der Waals surface area (Å²) in [5, 5.41) is 1.89. The third kappa shape index (κ3) is 3.45. The largest absolute Gasteiger partial charge is 0.573 e. The summed E-state index contributed by atoms with van der Waals surface area (Å²) in [5.41, 5.74) is -0.387. The number of benzene rings is 1. The molecule has 0 heterocycles. The molecule has 0 saturated carbocycles. The van der Waals surface area contributed by atoms with Crippen LogP contribution in [-0.2, 0) is 4.79 Å². The van der Waals surface area contributed by atoms with E-state index in [1.54, 1.807) is 0 Å². The average molecular weight is 223 g/mol. The zero-order chi connectivity index (χ0) is 11.5. The van der Waals surface area contributed by atoms with Gasteiger partial charge in [-0.3, -0.25) is 4.79 Å². The van der Waals surface area contributed by atoms with Crippen LogP contribution in [0.25, 0.3) is 0 Å². The zero-order valence-electron chi connectivity index (χ0n) is 7.14. The van der Waals surface area contributed by atoms with E-state index in [0.717, 1.165) is 18.2 Å². The van der Waals surface area contributed by atoms with Gasteiger partial charge in [-0.15, -0.1) is 13.2 Å². The Morgan fingerprint density at radius 2 is 2.00 bits per heavy atom. The molecule has 1 N–H and O–H groups in total. The molecule has 15 heavy (non-hydrogen) atoms. The molecular formula is C8H5F4NO2. The number of alkyl halides is 3. The number of hydrogen-bond donors (Lipinski definition) is 1. The summed E-state index contributed by atoms with van der Waals surface area (Å²) in [6.07, 6.45) is -4.77. The lowest BCUT2D eigenvalue weighted by molar-refractivity contribution is -0.274. The number of ether oxygens (including phenoxy) is 1. The molecule has 1 aromatic rings. The summed E-state index contributed by atoms with van der Waals surface area (Å²) in [6, 6.07) is 2.28. The van der Waals surface area contributed by atoms with E-state index < -0.39 is 17.9 Å². The standard InChI is InChI=1S/C8H5F4NO2/c9-5-1-2-7(15-8(10,11)12)6(3-5)13-4-14/h1-4H,(H,13,14). The third-order valence-electron chi connectivity index (χ3n) is 1.38. The van der Waals surface area contributed by atoms with Crippen LogP contribution in [0.5, 0.6) is 5.75 Å². The van der Waals surface area contributed by atoms with Gasteiger partial charge in [-0.1, -0.05) is 0 Å². The number of nitrogens with one attached hydrogen (secondary N) is 1. The highest BCUT2D eigenvalue weighted by Crippen LogP contribution is 2.30. The van der Waals surface area contributed by atoms with E-state index in [-0.39, 0.29) is 12.1 Å². The smallest absolute Gasteiger partial charge is 0.404 e. The van der Waals surface area contributed by atoms with Gasteiger partial charge in [-0.2, -0.15) is 0 Å². The molecular weight excluding hydrogens is 218 g/mol. The molecule has 0 radical (unpaired) electrons. The van der Waals surface area contributed by atoms with Crippen LogP contribution in [0.15, 0.2) is 18.2 Å². The Morgan fingerprint density at radius 1 is 1.33 bits per heavy atom. The van der Waals surface area contributed by atoms with Gasteiger partial charge in [0, 0.05) is 6.07 Å². The molecule has 0 aliphatic rings. The third-order valence-corrected chi connectivity index (χ3v) is 1.38. The van der Waals surface area contributed by atoms with Gasteiger partial charge < -0.3 is 10.1 Å². The second-order valence-corrected chi connectivity index (χ2v) is 2.45. The minimum atomic E-state index is -4.89. The van der Waals surface area contributed by atoms with Crippen molar-refractivity contribution in [3.05, 3.63) is 24.0 Å². The van der Waals surface area contributed by atoms with Gasteiger partial charge in [0.2, 0.25) is 6.41 Å². The van der Waals surface area contributed by atoms with Gasteiger partial charge >= 0.3 is 6.36 Å². The Hall–Kier alpha value is -1.79. The van der Waals surface area contributed by atoms with Crippen LogP contribution in [0, 0.1) is 5.82 Å². The highest BCUT2D eigenvalue weighted by molar-refractivity contribution is 5.75. The SMILES string of the molecule is O=CNc1cc(F)ccc1OC(F)(F)F. The fourth-order valence-corrected chi connectivity index (χ4v) is 0.892. The van der Waals surface area contributed by atoms with Crippen LogP contribution in [0.2, 0.25) is 0 Å². The molecule has 3 nitrogen and oxygen atoms in total. The number of amides is 1. The number of halogens is 4. The Balaban J connectivity index is 3.00. The minimum absolute atomic E-state index is 0.123. The van der Waals surface area contributed by atoms with Crippen molar-refractivity contribution in [2.45, 2.75) is 6.36 Å². The maximum Gasteiger partial charge on any atom is 0.573 e. The van der Waals surface area contributed by atoms with Gasteiger partial charge in [-0.25, -0.2) is 4.39 Å². The molecule has 0 saturated heterocycles. The lowest BCUT2D eigenvalue weighted by Gasteiger charge is -2.12. The summed E-state index contributed by atoms with van der Waals surface area (Å²) in [5.74, 6) is -1.45. The van der Waals surface area contributed by atoms with Crippen LogP contribution in [0.3, 0.4) is 0 Å². The van der Waals surface area contributed by atoms with Gasteiger partial charge in [-0.05, 0) is 12.1 Å². The van der Waals surface area contributed by atoms with E-state index in [1.165, 1.54) is 0 Å². The van der Waals surface area contributed by atoms with E-state index in [0.29, 0.717) is 0 Å². The van der Waals surface area contributed by atoms with Crippen molar-refractivity contribution in [1.82, 2.24) is 0 Å². The predicted molar refractivity (Wildman–Crippen MR) is 42.8 cm³/mol. The van der Waals surface area contributed by atoms with Crippen LogP contribution in [0.4, 0.5) is 23.2 Å². The number of carbonyl (C=O) groups excluding carboxylic acids is 1. The topological polar surface area (TPSA) is 38.3 Å². The van der Waals surface area contributed by atoms with E-state index >= 15 is 0 Å². The number of hydrogen-bond acceptors (Lipinski definition) is 2. The number of carbonyl (C=O) groups is 1. The Labute approximate surface area is 81.6 Å². The lowest BCUT2D eigenvalue weighted by Crippen LogP contribution is -2.18. The molecule has 0 spiro atoms. The molecule has 0 atom stereocenters. The second kappa shape index (κ2) is 4.16. The van der Waals surface area contributed by atoms with Gasteiger partial charge in [0.25, 0.3) is 0 Å². The predicted octanol–water partition coefficient (Wildman–Crippen LogP) is 2.29. The summed E-state index contributed by atoms with van der Waals surface area (Å²) in [7, 11) is 0. The van der Waals surface area contributed by atoms with Crippen LogP contribution in [0.1, 0.15) is 0 Å². The highest BCUT2D eigenvalue weighted by atomic mass is 19.4. The quantitative estimate of drug-likeness (QED) is 0.630. The van der Waals surface area contributed by atoms with Crippen molar-refractivity contribution in [2.75, 3.05) is 5.32 Å². The normalized spacial score (nSPS) is 10.9. The molecule has 1 amide bonds. The summed E-state index contributed by atoms with van der Waals surface area (Å²) < 4.78 is 51.7. The summed E-state index contributed by atoms with van der Waals surface area (Å²) in [4.78, 5) is 10.0. The molecule has 7 heteroatoms. The molecule has 0 unspecified atom stereocenters. The fraction of sp³-hybridized carbons (Fsp3) is 0.125. The first-order valence-corrected chi connectivity index (χ1v) is 3.68. The van der Waals surface area contributed by atoms with Gasteiger partial charge in [0.15, 0.2) is 5.75 Å². The summed E-state index contributed by atoms with van der Waals surface area (Å²) >= 11 is 0. The highest BCUT2D eigenvalue weighted by Gasteiger charge is 2.32. The first-order valence-electron chi connectivity index (χ1n) is 3.68. The van der Waals surface area contributed by atoms with E-state index in [9.17, 15) is 22.4 Å². The molecule has 1 aromatic carbocycles. The minimum Gasteiger partial charge on any atom is -0.404 e. The number of anilines is 1. The first kappa shape index (κ1) is 11.3. The van der Waals surface area contributed by atoms with Crippen molar-refractivity contribution in [1.29, 1.82) is 0 Å². The number of rotatable bonds is 3. The average Bonchev–Trinajstić information content (AvgIpc) is 2.08. The maximum absolute atomic E-state index is 12.6. The van der Waals surface area contributed by atoms with Crippen molar-refractivity contribution in [3.63, 3.8) is 0 Å². The molecule has 0 bridgehead atoms. The van der Waals surface area contributed by atoms with Crippen molar-refractivity contribution >= 4 is 12.1 Å². The van der Waals surface area contributed by atoms with Crippen LogP contribution < -0.4 is 10.1 Å². The molecule has 0 aromatic heterocycles. The Bertz CT molecular complexity index is 364. The van der Waals surface area contributed by atoms with Crippen molar-refractivity contribution < 1.29 is 27.1 Å². The lowest BCUT2D eigenvalue weighted by atomic mass is 10.3. The molecule has 1 rings (SSSR count). The van der Waals surface area contributed by atoms with E-state index in [2.05, 4.69) is 4.74 Å². The van der Waals surface area contributed by atoms with Gasteiger partial charge in [0.05, 0.1) is 5.69 Å². The van der Waals surface area contributed by atoms with Gasteiger partial charge in [0.1, 0.15) is 5.82 Å². The Kier molecular flexibility index (Phi) is 3.13. The molecule has 0 fully saturated rings. The molecule has 0 aliphatic carbocycles. The monoisotopic (exact) mass is 223 g/mol. The van der Waals surface area contributed by atoms with E-state index in [1.807, 2.05) is 5.32 Å². The maximum atomic E-state index is 12.6. The zero-order valence-corrected chi connectivity index (χ0v) is 7.14. The van der Waals surface area contributed by atoms with Crippen molar-refractivity contribution in [3.8, 4) is 5.75 Å². The van der Waals surface area contributed by atoms with E-state index in [4.69, 9.17) is 0 Å². The Morgan fingerprint density at radius 3 is 2.53 bits per heavy atom. The van der Waals surface area contributed by atoms with Crippen LogP contribution >= 0.6 is 0 Å². The summed E-state index contributed by atoms with van der Waals surface area (Å²) in [6.45, 7) is 0. The molecule has 82 valence electrons. The molecule has 0 aliphatic heterocycles.